The fourth-order valence-electron chi connectivity index (χ4n) is 2.55. The maximum Gasteiger partial charge on any atom is 0.123 e. The van der Waals surface area contributed by atoms with Crippen molar-refractivity contribution in [2.24, 2.45) is 0 Å². The quantitative estimate of drug-likeness (QED) is 0.867. The molecule has 1 saturated heterocycles. The molecular weight excluding hydrogens is 254 g/mol. The van der Waals surface area contributed by atoms with Crippen molar-refractivity contribution in [3.05, 3.63) is 24.3 Å². The lowest BCUT2D eigenvalue weighted by molar-refractivity contribution is 0.0693. The first kappa shape index (κ1) is 15.1. The van der Waals surface area contributed by atoms with Crippen LogP contribution in [0.1, 0.15) is 25.7 Å². The molecule has 1 N–H and O–H groups in total. The van der Waals surface area contributed by atoms with Crippen LogP contribution in [-0.2, 0) is 0 Å². The Balaban J connectivity index is 1.74. The molecule has 1 aliphatic rings. The second-order valence-electron chi connectivity index (χ2n) is 5.36. The highest BCUT2D eigenvalue weighted by molar-refractivity contribution is 5.32. The monoisotopic (exact) mass is 279 g/mol. The summed E-state index contributed by atoms with van der Waals surface area (Å²) >= 11 is 0. The van der Waals surface area contributed by atoms with Crippen LogP contribution >= 0.6 is 0 Å². The smallest absolute Gasteiger partial charge is 0.123 e. The second-order valence-corrected chi connectivity index (χ2v) is 5.36. The fourth-order valence-corrected chi connectivity index (χ4v) is 2.55. The first-order valence-electron chi connectivity index (χ1n) is 7.45. The Morgan fingerprint density at radius 3 is 2.55 bits per heavy atom. The minimum absolute atomic E-state index is 0.323. The van der Waals surface area contributed by atoms with Crippen LogP contribution < -0.4 is 9.47 Å². The highest BCUT2D eigenvalue weighted by atomic mass is 16.5. The van der Waals surface area contributed by atoms with Gasteiger partial charge in [0.15, 0.2) is 0 Å². The number of nitrogens with zero attached hydrogens (tertiary/aromatic N) is 1. The van der Waals surface area contributed by atoms with Crippen LogP contribution in [0.4, 0.5) is 0 Å². The van der Waals surface area contributed by atoms with Crippen molar-refractivity contribution >= 4 is 0 Å². The number of rotatable bonds is 6. The van der Waals surface area contributed by atoms with Gasteiger partial charge in [0.1, 0.15) is 24.2 Å². The van der Waals surface area contributed by atoms with E-state index < -0.39 is 6.10 Å². The third-order valence-corrected chi connectivity index (χ3v) is 3.65. The molecule has 0 bridgehead atoms. The molecule has 0 radical (unpaired) electrons. The highest BCUT2D eigenvalue weighted by Gasteiger charge is 2.14. The Hall–Kier alpha value is -1.26. The minimum atomic E-state index is -0.445. The van der Waals surface area contributed by atoms with Gasteiger partial charge in [-0.25, -0.2) is 0 Å². The summed E-state index contributed by atoms with van der Waals surface area (Å²) in [4.78, 5) is 2.34. The Labute approximate surface area is 121 Å². The van der Waals surface area contributed by atoms with Crippen molar-refractivity contribution in [2.75, 3.05) is 33.4 Å². The summed E-state index contributed by atoms with van der Waals surface area (Å²) in [6, 6.07) is 7.47. The van der Waals surface area contributed by atoms with Gasteiger partial charge in [0.05, 0.1) is 7.11 Å². The highest BCUT2D eigenvalue weighted by Crippen LogP contribution is 2.19. The number of hydrogen-bond acceptors (Lipinski definition) is 4. The van der Waals surface area contributed by atoms with Crippen LogP contribution in [0.3, 0.4) is 0 Å². The molecule has 2 rings (SSSR count). The molecule has 0 spiro atoms. The van der Waals surface area contributed by atoms with Gasteiger partial charge in [0, 0.05) is 12.6 Å². The van der Waals surface area contributed by atoms with E-state index in [4.69, 9.17) is 9.47 Å². The molecule has 1 aliphatic heterocycles. The molecule has 1 aromatic rings. The summed E-state index contributed by atoms with van der Waals surface area (Å²) in [7, 11) is 1.63. The third-order valence-electron chi connectivity index (χ3n) is 3.65. The second kappa shape index (κ2) is 8.12. The number of likely N-dealkylation sites (tertiary alicyclic amines) is 1. The maximum absolute atomic E-state index is 10.1. The lowest BCUT2D eigenvalue weighted by Crippen LogP contribution is -2.36. The number of methoxy groups -OCH3 is 1. The fraction of sp³-hybridized carbons (Fsp3) is 0.625. The lowest BCUT2D eigenvalue weighted by Gasteiger charge is -2.23. The van der Waals surface area contributed by atoms with E-state index in [9.17, 15) is 5.11 Å². The zero-order valence-corrected chi connectivity index (χ0v) is 12.3. The molecule has 1 atom stereocenters. The number of ether oxygens (including phenoxy) is 2. The van der Waals surface area contributed by atoms with Gasteiger partial charge in [-0.15, -0.1) is 0 Å². The summed E-state index contributed by atoms with van der Waals surface area (Å²) in [5.74, 6) is 1.50. The minimum Gasteiger partial charge on any atom is -0.497 e. The van der Waals surface area contributed by atoms with Crippen LogP contribution in [0.5, 0.6) is 11.5 Å². The van der Waals surface area contributed by atoms with Gasteiger partial charge < -0.3 is 19.5 Å². The van der Waals surface area contributed by atoms with Crippen molar-refractivity contribution in [2.45, 2.75) is 31.8 Å². The van der Waals surface area contributed by atoms with Gasteiger partial charge in [0.25, 0.3) is 0 Å². The van der Waals surface area contributed by atoms with Gasteiger partial charge in [0.2, 0.25) is 0 Å². The summed E-state index contributed by atoms with van der Waals surface area (Å²) in [6.07, 6.45) is 4.66. The summed E-state index contributed by atoms with van der Waals surface area (Å²) in [5.41, 5.74) is 0. The van der Waals surface area contributed by atoms with Crippen LogP contribution in [0.25, 0.3) is 0 Å². The van der Waals surface area contributed by atoms with Gasteiger partial charge in [-0.1, -0.05) is 18.9 Å². The molecule has 1 fully saturated rings. The first-order valence-corrected chi connectivity index (χ1v) is 7.45. The molecule has 1 heterocycles. The number of aliphatic hydroxyl groups excluding tert-OH is 1. The number of β-amino-alcohol motifs (C(OH)–C–C–N with tert-alkyl or cyclic N) is 1. The number of aliphatic hydroxyl groups is 1. The Bertz CT molecular complexity index is 389. The van der Waals surface area contributed by atoms with E-state index in [0.717, 1.165) is 24.6 Å². The summed E-state index contributed by atoms with van der Waals surface area (Å²) in [5, 5.41) is 10.1. The maximum atomic E-state index is 10.1. The van der Waals surface area contributed by atoms with Gasteiger partial charge in [-0.2, -0.15) is 0 Å². The topological polar surface area (TPSA) is 41.9 Å². The molecule has 0 aliphatic carbocycles. The normalized spacial score (nSPS) is 18.3. The summed E-state index contributed by atoms with van der Waals surface area (Å²) in [6.45, 7) is 3.21. The van der Waals surface area contributed by atoms with Crippen molar-refractivity contribution in [3.8, 4) is 11.5 Å². The largest absolute Gasteiger partial charge is 0.497 e. The van der Waals surface area contributed by atoms with E-state index in [-0.39, 0.29) is 0 Å². The lowest BCUT2D eigenvalue weighted by atomic mass is 10.2. The van der Waals surface area contributed by atoms with E-state index in [0.29, 0.717) is 13.2 Å². The molecule has 0 saturated carbocycles. The van der Waals surface area contributed by atoms with E-state index >= 15 is 0 Å². The van der Waals surface area contributed by atoms with E-state index in [1.54, 1.807) is 7.11 Å². The molecule has 4 heteroatoms. The van der Waals surface area contributed by atoms with Crippen LogP contribution in [0.2, 0.25) is 0 Å². The molecule has 0 amide bonds. The Morgan fingerprint density at radius 2 is 1.85 bits per heavy atom. The SMILES string of the molecule is COc1cccc(OCC(O)CN2CCCCCC2)c1. The number of benzene rings is 1. The molecule has 1 aromatic carbocycles. The summed E-state index contributed by atoms with van der Waals surface area (Å²) < 4.78 is 10.8. The predicted molar refractivity (Wildman–Crippen MR) is 79.4 cm³/mol. The zero-order valence-electron chi connectivity index (χ0n) is 12.3. The average Bonchev–Trinajstić information content (AvgIpc) is 2.74. The van der Waals surface area contributed by atoms with Crippen molar-refractivity contribution in [3.63, 3.8) is 0 Å². The standard InChI is InChI=1S/C16H25NO3/c1-19-15-7-6-8-16(11-15)20-13-14(18)12-17-9-4-2-3-5-10-17/h6-8,11,14,18H,2-5,9-10,12-13H2,1H3. The van der Waals surface area contributed by atoms with Crippen molar-refractivity contribution in [1.29, 1.82) is 0 Å². The van der Waals surface area contributed by atoms with E-state index in [1.165, 1.54) is 25.7 Å². The zero-order chi connectivity index (χ0) is 14.2. The van der Waals surface area contributed by atoms with Crippen LogP contribution in [0.15, 0.2) is 24.3 Å². The predicted octanol–water partition coefficient (Wildman–Crippen LogP) is 2.31. The van der Waals surface area contributed by atoms with Gasteiger partial charge >= 0.3 is 0 Å². The Kier molecular flexibility index (Phi) is 6.15. The van der Waals surface area contributed by atoms with Crippen LogP contribution in [-0.4, -0.2) is 49.5 Å². The molecule has 4 nitrogen and oxygen atoms in total. The molecule has 112 valence electrons. The van der Waals surface area contributed by atoms with Gasteiger partial charge in [-0.3, -0.25) is 0 Å². The number of hydrogen-bond donors (Lipinski definition) is 1. The van der Waals surface area contributed by atoms with Gasteiger partial charge in [-0.05, 0) is 38.1 Å². The molecule has 1 unspecified atom stereocenters. The van der Waals surface area contributed by atoms with E-state index in [1.807, 2.05) is 24.3 Å². The van der Waals surface area contributed by atoms with Crippen molar-refractivity contribution < 1.29 is 14.6 Å². The molecule has 0 aromatic heterocycles. The third kappa shape index (κ3) is 5.02. The average molecular weight is 279 g/mol. The first-order chi connectivity index (χ1) is 9.78. The van der Waals surface area contributed by atoms with Crippen molar-refractivity contribution in [1.82, 2.24) is 4.90 Å². The molecular formula is C16H25NO3. The molecule has 20 heavy (non-hydrogen) atoms. The van der Waals surface area contributed by atoms with E-state index in [2.05, 4.69) is 4.90 Å². The Morgan fingerprint density at radius 1 is 1.15 bits per heavy atom. The van der Waals surface area contributed by atoms with Crippen LogP contribution in [0, 0.1) is 0 Å².